The van der Waals surface area contributed by atoms with Gasteiger partial charge in [-0.2, -0.15) is 0 Å². The second-order valence-corrected chi connectivity index (χ2v) is 7.22. The number of nitrogens with zero attached hydrogens (tertiary/aromatic N) is 3. The molecule has 1 amide bonds. The minimum Gasteiger partial charge on any atom is -0.444 e. The van der Waals surface area contributed by atoms with Crippen LogP contribution in [0.25, 0.3) is 0 Å². The zero-order valence-corrected chi connectivity index (χ0v) is 15.4. The van der Waals surface area contributed by atoms with Crippen LogP contribution in [0, 0.1) is 6.92 Å². The van der Waals surface area contributed by atoms with Crippen LogP contribution in [0.2, 0.25) is 0 Å². The molecule has 1 aliphatic heterocycles. The molecule has 0 radical (unpaired) electrons. The van der Waals surface area contributed by atoms with E-state index in [4.69, 9.17) is 4.74 Å². The molecule has 2 heterocycles. The molecule has 1 N–H and O–H groups in total. The fourth-order valence-electron chi connectivity index (χ4n) is 2.75. The molecule has 0 aromatic carbocycles. The van der Waals surface area contributed by atoms with E-state index in [2.05, 4.69) is 9.88 Å². The monoisotopic (exact) mass is 335 g/mol. The van der Waals surface area contributed by atoms with Gasteiger partial charge in [-0.1, -0.05) is 13.0 Å². The van der Waals surface area contributed by atoms with Gasteiger partial charge in [0.25, 0.3) is 0 Å². The molecule has 0 bridgehead atoms. The van der Waals surface area contributed by atoms with Crippen molar-refractivity contribution in [1.82, 2.24) is 9.88 Å². The minimum atomic E-state index is -0.469. The van der Waals surface area contributed by atoms with E-state index in [1.165, 1.54) is 0 Å². The summed E-state index contributed by atoms with van der Waals surface area (Å²) in [6, 6.07) is 3.90. The van der Waals surface area contributed by atoms with E-state index < -0.39 is 11.7 Å². The topological polar surface area (TPSA) is 65.9 Å². The second kappa shape index (κ2) is 7.38. The number of hydrogen-bond acceptors (Lipinski definition) is 5. The molecule has 1 atom stereocenters. The Kier molecular flexibility index (Phi) is 5.70. The van der Waals surface area contributed by atoms with Crippen molar-refractivity contribution in [2.45, 2.75) is 52.7 Å². The third-order valence-corrected chi connectivity index (χ3v) is 4.11. The summed E-state index contributed by atoms with van der Waals surface area (Å²) in [5, 5.41) is 9.99. The van der Waals surface area contributed by atoms with Crippen molar-refractivity contribution in [3.05, 3.63) is 23.4 Å². The highest BCUT2D eigenvalue weighted by Crippen LogP contribution is 2.23. The number of amides is 1. The molecule has 1 unspecified atom stereocenters. The van der Waals surface area contributed by atoms with E-state index in [1.54, 1.807) is 4.90 Å². The summed E-state index contributed by atoms with van der Waals surface area (Å²) < 4.78 is 5.42. The Morgan fingerprint density at radius 1 is 1.29 bits per heavy atom. The molecule has 24 heavy (non-hydrogen) atoms. The number of carbonyl (C=O) groups is 1. The number of aryl methyl sites for hydroxylation is 1. The number of piperazine rings is 1. The Morgan fingerprint density at radius 2 is 1.92 bits per heavy atom. The normalized spacial score (nSPS) is 16.9. The molecule has 6 heteroatoms. The number of pyridine rings is 1. The van der Waals surface area contributed by atoms with E-state index in [0.29, 0.717) is 19.5 Å². The van der Waals surface area contributed by atoms with Gasteiger partial charge < -0.3 is 19.6 Å². The summed E-state index contributed by atoms with van der Waals surface area (Å²) in [4.78, 5) is 20.6. The first-order chi connectivity index (χ1) is 11.2. The van der Waals surface area contributed by atoms with Gasteiger partial charge in [0.15, 0.2) is 0 Å². The van der Waals surface area contributed by atoms with Crippen LogP contribution >= 0.6 is 0 Å². The number of aliphatic hydroxyl groups excluding tert-OH is 1. The van der Waals surface area contributed by atoms with Crippen molar-refractivity contribution in [2.24, 2.45) is 0 Å². The van der Waals surface area contributed by atoms with Crippen LogP contribution in [0.15, 0.2) is 12.1 Å². The molecule has 0 aliphatic carbocycles. The SMILES string of the molecule is CCC(O)c1ccc(N2CCN(C(=O)OC(C)(C)C)CC2)nc1C. The number of aliphatic hydroxyl groups is 1. The predicted octanol–water partition coefficient (Wildman–Crippen LogP) is 2.89. The fraction of sp³-hybridized carbons (Fsp3) is 0.667. The molecule has 0 spiro atoms. The van der Waals surface area contributed by atoms with Gasteiger partial charge in [-0.25, -0.2) is 9.78 Å². The fourth-order valence-corrected chi connectivity index (χ4v) is 2.75. The molecule has 1 fully saturated rings. The number of ether oxygens (including phenoxy) is 1. The molecule has 1 aromatic heterocycles. The van der Waals surface area contributed by atoms with Crippen molar-refractivity contribution >= 4 is 11.9 Å². The van der Waals surface area contributed by atoms with Crippen LogP contribution in [0.5, 0.6) is 0 Å². The first kappa shape index (κ1) is 18.5. The van der Waals surface area contributed by atoms with Gasteiger partial charge in [0, 0.05) is 37.4 Å². The van der Waals surface area contributed by atoms with Gasteiger partial charge in [-0.3, -0.25) is 0 Å². The van der Waals surface area contributed by atoms with Crippen LogP contribution < -0.4 is 4.90 Å². The molecule has 6 nitrogen and oxygen atoms in total. The summed E-state index contributed by atoms with van der Waals surface area (Å²) in [5.41, 5.74) is 1.27. The molecule has 1 aromatic rings. The van der Waals surface area contributed by atoms with Gasteiger partial charge in [0.2, 0.25) is 0 Å². The largest absolute Gasteiger partial charge is 0.444 e. The molecular weight excluding hydrogens is 306 g/mol. The first-order valence-electron chi connectivity index (χ1n) is 8.59. The Balaban J connectivity index is 1.97. The maximum Gasteiger partial charge on any atom is 0.410 e. The van der Waals surface area contributed by atoms with Crippen molar-refractivity contribution in [3.63, 3.8) is 0 Å². The average molecular weight is 335 g/mol. The summed E-state index contributed by atoms with van der Waals surface area (Å²) in [6.07, 6.45) is -0.0422. The maximum atomic E-state index is 12.1. The zero-order valence-electron chi connectivity index (χ0n) is 15.4. The zero-order chi connectivity index (χ0) is 17.9. The summed E-state index contributed by atoms with van der Waals surface area (Å²) in [7, 11) is 0. The average Bonchev–Trinajstić information content (AvgIpc) is 2.52. The van der Waals surface area contributed by atoms with Gasteiger partial charge >= 0.3 is 6.09 Å². The maximum absolute atomic E-state index is 12.1. The number of anilines is 1. The molecule has 0 saturated carbocycles. The summed E-state index contributed by atoms with van der Waals surface area (Å²) in [6.45, 7) is 12.2. The van der Waals surface area contributed by atoms with E-state index in [0.717, 1.165) is 30.2 Å². The van der Waals surface area contributed by atoms with E-state index in [9.17, 15) is 9.90 Å². The highest BCUT2D eigenvalue weighted by atomic mass is 16.6. The van der Waals surface area contributed by atoms with Crippen molar-refractivity contribution in [3.8, 4) is 0 Å². The van der Waals surface area contributed by atoms with E-state index in [-0.39, 0.29) is 6.09 Å². The van der Waals surface area contributed by atoms with E-state index >= 15 is 0 Å². The highest BCUT2D eigenvalue weighted by molar-refractivity contribution is 5.68. The Labute approximate surface area is 144 Å². The van der Waals surface area contributed by atoms with E-state index in [1.807, 2.05) is 46.8 Å². The molecule has 1 aliphatic rings. The standard InChI is InChI=1S/C18H29N3O3/c1-6-15(22)14-7-8-16(19-13(14)2)20-9-11-21(12-10-20)17(23)24-18(3,4)5/h7-8,15,22H,6,9-12H2,1-5H3. The van der Waals surface area contributed by atoms with Gasteiger partial charge in [0.05, 0.1) is 6.10 Å². The Morgan fingerprint density at radius 3 is 2.42 bits per heavy atom. The number of rotatable bonds is 3. The van der Waals surface area contributed by atoms with Crippen LogP contribution in [0.4, 0.5) is 10.6 Å². The number of carbonyl (C=O) groups excluding carboxylic acids is 1. The van der Waals surface area contributed by atoms with Crippen molar-refractivity contribution < 1.29 is 14.6 Å². The van der Waals surface area contributed by atoms with Crippen LogP contribution in [0.1, 0.15) is 51.5 Å². The van der Waals surface area contributed by atoms with Crippen molar-refractivity contribution in [2.75, 3.05) is 31.1 Å². The molecule has 1 saturated heterocycles. The van der Waals surface area contributed by atoms with Crippen LogP contribution in [0.3, 0.4) is 0 Å². The predicted molar refractivity (Wildman–Crippen MR) is 94.2 cm³/mol. The summed E-state index contributed by atoms with van der Waals surface area (Å²) in [5.74, 6) is 0.892. The highest BCUT2D eigenvalue weighted by Gasteiger charge is 2.26. The lowest BCUT2D eigenvalue weighted by atomic mass is 10.1. The van der Waals surface area contributed by atoms with Gasteiger partial charge in [0.1, 0.15) is 11.4 Å². The second-order valence-electron chi connectivity index (χ2n) is 7.22. The van der Waals surface area contributed by atoms with Crippen LogP contribution in [-0.2, 0) is 4.74 Å². The molecule has 134 valence electrons. The lowest BCUT2D eigenvalue weighted by Gasteiger charge is -2.36. The summed E-state index contributed by atoms with van der Waals surface area (Å²) >= 11 is 0. The van der Waals surface area contributed by atoms with Crippen molar-refractivity contribution in [1.29, 1.82) is 0 Å². The Bertz CT molecular complexity index is 575. The van der Waals surface area contributed by atoms with Gasteiger partial charge in [-0.15, -0.1) is 0 Å². The lowest BCUT2D eigenvalue weighted by Crippen LogP contribution is -2.50. The van der Waals surface area contributed by atoms with Gasteiger partial charge in [-0.05, 0) is 40.2 Å². The van der Waals surface area contributed by atoms with Crippen LogP contribution in [-0.4, -0.2) is 52.9 Å². The Hall–Kier alpha value is -1.82. The molecular formula is C18H29N3O3. The molecule has 2 rings (SSSR count). The smallest absolute Gasteiger partial charge is 0.410 e. The number of aromatic nitrogens is 1. The number of hydrogen-bond donors (Lipinski definition) is 1. The minimum absolute atomic E-state index is 0.257. The third kappa shape index (κ3) is 4.60. The lowest BCUT2D eigenvalue weighted by molar-refractivity contribution is 0.0240. The quantitative estimate of drug-likeness (QED) is 0.920. The first-order valence-corrected chi connectivity index (χ1v) is 8.59. The third-order valence-electron chi connectivity index (χ3n) is 4.11.